The van der Waals surface area contributed by atoms with E-state index in [4.69, 9.17) is 0 Å². The van der Waals surface area contributed by atoms with Gasteiger partial charge in [-0.3, -0.25) is 0 Å². The van der Waals surface area contributed by atoms with E-state index >= 15 is 0 Å². The van der Waals surface area contributed by atoms with Crippen LogP contribution in [0.1, 0.15) is 13.8 Å². The van der Waals surface area contributed by atoms with Crippen LogP contribution in [0, 0.1) is 0 Å². The Kier molecular flexibility index (Phi) is 3.34. The van der Waals surface area contributed by atoms with Crippen LogP contribution < -0.4 is 10.4 Å². The molecule has 62 valence electrons. The lowest BCUT2D eigenvalue weighted by atomic mass is 10.2. The maximum atomic E-state index is 2.12. The number of benzene rings is 1. The third-order valence-corrected chi connectivity index (χ3v) is 1.78. The molecule has 0 atom stereocenters. The Morgan fingerprint density at radius 1 is 1.00 bits per heavy atom. The highest BCUT2D eigenvalue weighted by Gasteiger charge is 1.78. The fourth-order valence-corrected chi connectivity index (χ4v) is 1.13. The molecule has 0 nitrogen and oxygen atoms in total. The van der Waals surface area contributed by atoms with Gasteiger partial charge in [0, 0.05) is 0 Å². The van der Waals surface area contributed by atoms with E-state index in [1.165, 1.54) is 10.4 Å². The van der Waals surface area contributed by atoms with Gasteiger partial charge in [-0.05, 0) is 24.3 Å². The van der Waals surface area contributed by atoms with Crippen molar-refractivity contribution >= 4 is 12.2 Å². The summed E-state index contributed by atoms with van der Waals surface area (Å²) in [7, 11) is 0. The lowest BCUT2D eigenvalue weighted by Gasteiger charge is -1.86. The largest absolute Gasteiger partial charge is 0.0876 e. The molecule has 0 unspecified atom stereocenters. The molecule has 0 amide bonds. The van der Waals surface area contributed by atoms with Gasteiger partial charge in [-0.25, -0.2) is 0 Å². The second-order valence-electron chi connectivity index (χ2n) is 2.61. The van der Waals surface area contributed by atoms with Crippen molar-refractivity contribution < 1.29 is 0 Å². The molecule has 0 aliphatic heterocycles. The Hall–Kier alpha value is -1.30. The van der Waals surface area contributed by atoms with E-state index in [2.05, 4.69) is 49.4 Å². The molecule has 0 heterocycles. The van der Waals surface area contributed by atoms with Gasteiger partial charge in [0.05, 0.1) is 0 Å². The monoisotopic (exact) mass is 158 g/mol. The number of hydrogen-bond acceptors (Lipinski definition) is 0. The standard InChI is InChI=1S/C12H14/c1-3-5-8-12-10-7-6-9-11(12)4-2/h3-10H,1-2H3/b5-3-,11-4-,12-8-. The molecule has 1 rings (SSSR count). The minimum atomic E-state index is 1.28. The zero-order chi connectivity index (χ0) is 8.81. The summed E-state index contributed by atoms with van der Waals surface area (Å²) in [4.78, 5) is 0. The van der Waals surface area contributed by atoms with Crippen LogP contribution in [0.3, 0.4) is 0 Å². The number of hydrogen-bond donors (Lipinski definition) is 0. The van der Waals surface area contributed by atoms with Gasteiger partial charge in [-0.1, -0.05) is 48.6 Å². The molecule has 0 radical (unpaired) electrons. The summed E-state index contributed by atoms with van der Waals surface area (Å²) in [5.74, 6) is 0. The highest BCUT2D eigenvalue weighted by atomic mass is 13.8. The normalized spacial score (nSPS) is 14.5. The van der Waals surface area contributed by atoms with Gasteiger partial charge in [0.25, 0.3) is 0 Å². The van der Waals surface area contributed by atoms with E-state index in [0.717, 1.165) is 0 Å². The smallest absolute Gasteiger partial charge is 0.0187 e. The molecular weight excluding hydrogens is 144 g/mol. The summed E-state index contributed by atoms with van der Waals surface area (Å²) in [6, 6.07) is 8.36. The maximum absolute atomic E-state index is 2.12. The van der Waals surface area contributed by atoms with Crippen molar-refractivity contribution in [2.45, 2.75) is 13.8 Å². The van der Waals surface area contributed by atoms with Crippen molar-refractivity contribution in [2.75, 3.05) is 0 Å². The van der Waals surface area contributed by atoms with E-state index in [-0.39, 0.29) is 0 Å². The van der Waals surface area contributed by atoms with E-state index in [9.17, 15) is 0 Å². The number of allylic oxidation sites excluding steroid dienone is 2. The highest BCUT2D eigenvalue weighted by molar-refractivity contribution is 5.38. The molecular formula is C12H14. The lowest BCUT2D eigenvalue weighted by Crippen LogP contribution is -2.22. The van der Waals surface area contributed by atoms with E-state index in [1.807, 2.05) is 13.0 Å². The summed E-state index contributed by atoms with van der Waals surface area (Å²) in [5.41, 5.74) is 0. The van der Waals surface area contributed by atoms with Crippen molar-refractivity contribution in [3.63, 3.8) is 0 Å². The van der Waals surface area contributed by atoms with E-state index < -0.39 is 0 Å². The molecule has 0 aliphatic carbocycles. The first-order valence-electron chi connectivity index (χ1n) is 4.23. The van der Waals surface area contributed by atoms with Crippen molar-refractivity contribution in [3.8, 4) is 0 Å². The fraction of sp³-hybridized carbons (Fsp3) is 0.167. The van der Waals surface area contributed by atoms with Gasteiger partial charge in [0.15, 0.2) is 0 Å². The average Bonchev–Trinajstić information content (AvgIpc) is 2.15. The summed E-state index contributed by atoms with van der Waals surface area (Å²) in [6.45, 7) is 4.08. The molecule has 0 N–H and O–H groups in total. The van der Waals surface area contributed by atoms with Crippen LogP contribution in [0.2, 0.25) is 0 Å². The van der Waals surface area contributed by atoms with Crippen molar-refractivity contribution in [3.05, 3.63) is 46.9 Å². The molecule has 0 fully saturated rings. The molecule has 12 heavy (non-hydrogen) atoms. The Morgan fingerprint density at radius 2 is 1.67 bits per heavy atom. The summed E-state index contributed by atoms with van der Waals surface area (Å²) in [6.07, 6.45) is 8.33. The van der Waals surface area contributed by atoms with Gasteiger partial charge in [-0.2, -0.15) is 0 Å². The molecule has 0 aliphatic rings. The number of rotatable bonds is 1. The Morgan fingerprint density at radius 3 is 2.25 bits per heavy atom. The third kappa shape index (κ3) is 2.09. The minimum Gasteiger partial charge on any atom is -0.0876 e. The van der Waals surface area contributed by atoms with Gasteiger partial charge in [-0.15, -0.1) is 0 Å². The molecule has 1 aromatic rings. The van der Waals surface area contributed by atoms with Gasteiger partial charge in [0.2, 0.25) is 0 Å². The Bertz CT molecular complexity index is 369. The van der Waals surface area contributed by atoms with Crippen LogP contribution in [0.4, 0.5) is 0 Å². The first-order valence-corrected chi connectivity index (χ1v) is 4.23. The molecule has 0 bridgehead atoms. The molecule has 0 heteroatoms. The molecule has 0 saturated carbocycles. The SMILES string of the molecule is C\C=C/C=c1/cccc/c1=C/C. The van der Waals surface area contributed by atoms with Crippen molar-refractivity contribution in [2.24, 2.45) is 0 Å². The van der Waals surface area contributed by atoms with Crippen molar-refractivity contribution in [1.82, 2.24) is 0 Å². The Balaban J connectivity index is 3.33. The van der Waals surface area contributed by atoms with Crippen LogP contribution in [0.25, 0.3) is 12.2 Å². The zero-order valence-electron chi connectivity index (χ0n) is 7.62. The molecule has 0 aromatic heterocycles. The predicted octanol–water partition coefficient (Wildman–Crippen LogP) is 1.84. The van der Waals surface area contributed by atoms with Gasteiger partial charge < -0.3 is 0 Å². The van der Waals surface area contributed by atoms with Crippen LogP contribution in [0.5, 0.6) is 0 Å². The fourth-order valence-electron chi connectivity index (χ4n) is 1.13. The molecule has 1 aromatic carbocycles. The van der Waals surface area contributed by atoms with Gasteiger partial charge in [0.1, 0.15) is 0 Å². The zero-order valence-corrected chi connectivity index (χ0v) is 7.62. The second-order valence-corrected chi connectivity index (χ2v) is 2.61. The maximum Gasteiger partial charge on any atom is -0.0187 e. The topological polar surface area (TPSA) is 0 Å². The minimum absolute atomic E-state index is 1.28. The van der Waals surface area contributed by atoms with E-state index in [1.54, 1.807) is 0 Å². The van der Waals surface area contributed by atoms with Crippen LogP contribution in [0.15, 0.2) is 36.4 Å². The lowest BCUT2D eigenvalue weighted by molar-refractivity contribution is 1.51. The molecule has 0 saturated heterocycles. The van der Waals surface area contributed by atoms with Crippen LogP contribution in [-0.2, 0) is 0 Å². The first-order chi connectivity index (χ1) is 5.88. The first kappa shape index (κ1) is 8.79. The third-order valence-electron chi connectivity index (χ3n) is 1.78. The second kappa shape index (κ2) is 4.55. The Labute approximate surface area is 73.6 Å². The predicted molar refractivity (Wildman–Crippen MR) is 55.1 cm³/mol. The van der Waals surface area contributed by atoms with Gasteiger partial charge >= 0.3 is 0 Å². The average molecular weight is 158 g/mol. The quantitative estimate of drug-likeness (QED) is 0.585. The van der Waals surface area contributed by atoms with E-state index in [0.29, 0.717) is 0 Å². The van der Waals surface area contributed by atoms with Crippen molar-refractivity contribution in [1.29, 1.82) is 0 Å². The van der Waals surface area contributed by atoms with Crippen LogP contribution in [-0.4, -0.2) is 0 Å². The summed E-state index contributed by atoms with van der Waals surface area (Å²) in [5, 5.41) is 2.56. The summed E-state index contributed by atoms with van der Waals surface area (Å²) >= 11 is 0. The van der Waals surface area contributed by atoms with Crippen LogP contribution >= 0.6 is 0 Å². The molecule has 0 spiro atoms. The summed E-state index contributed by atoms with van der Waals surface area (Å²) < 4.78 is 0. The highest BCUT2D eigenvalue weighted by Crippen LogP contribution is 1.74.